The largest absolute Gasteiger partial charge is 0.100 e. The second kappa shape index (κ2) is 40.4. The molecular formula is C46H92. The summed E-state index contributed by atoms with van der Waals surface area (Å²) in [7, 11) is 0. The Labute approximate surface area is 295 Å². The molecule has 0 N–H and O–H groups in total. The Morgan fingerprint density at radius 3 is 1.04 bits per heavy atom. The number of hydrogen-bond acceptors (Lipinski definition) is 0. The molecule has 0 amide bonds. The first-order valence-corrected chi connectivity index (χ1v) is 21.1. The summed E-state index contributed by atoms with van der Waals surface area (Å²) < 4.78 is 0. The minimum absolute atomic E-state index is 0.882. The second-order valence-corrected chi connectivity index (χ2v) is 15.2. The monoisotopic (exact) mass is 645 g/mol. The van der Waals surface area contributed by atoms with Crippen LogP contribution in [0.25, 0.3) is 0 Å². The fourth-order valence-corrected chi connectivity index (χ4v) is 6.16. The Morgan fingerprint density at radius 2 is 0.674 bits per heavy atom. The van der Waals surface area contributed by atoms with E-state index < -0.39 is 0 Å². The topological polar surface area (TPSA) is 0 Å². The van der Waals surface area contributed by atoms with Gasteiger partial charge in [-0.25, -0.2) is 0 Å². The van der Waals surface area contributed by atoms with Gasteiger partial charge in [0.15, 0.2) is 0 Å². The molecule has 0 bridgehead atoms. The third-order valence-electron chi connectivity index (χ3n) is 9.74. The van der Waals surface area contributed by atoms with E-state index >= 15 is 0 Å². The Kier molecular flexibility index (Phi) is 43.6. The normalized spacial score (nSPS) is 12.7. The summed E-state index contributed by atoms with van der Waals surface area (Å²) in [6, 6.07) is 0. The van der Waals surface area contributed by atoms with E-state index in [-0.39, 0.29) is 0 Å². The number of allylic oxidation sites excluding steroid dienone is 3. The van der Waals surface area contributed by atoms with E-state index in [1.54, 1.807) is 0 Å². The highest BCUT2D eigenvalue weighted by Crippen LogP contribution is 2.23. The molecule has 0 aliphatic heterocycles. The van der Waals surface area contributed by atoms with Crippen molar-refractivity contribution in [3.8, 4) is 0 Å². The van der Waals surface area contributed by atoms with Crippen molar-refractivity contribution in [1.29, 1.82) is 0 Å². The van der Waals surface area contributed by atoms with E-state index in [0.717, 1.165) is 17.8 Å². The second-order valence-electron chi connectivity index (χ2n) is 15.2. The van der Waals surface area contributed by atoms with Gasteiger partial charge in [0.05, 0.1) is 0 Å². The molecule has 0 radical (unpaired) electrons. The molecule has 0 aromatic heterocycles. The quantitative estimate of drug-likeness (QED) is 0.0505. The van der Waals surface area contributed by atoms with Crippen LogP contribution in [0, 0.1) is 17.8 Å². The molecule has 0 saturated heterocycles. The van der Waals surface area contributed by atoms with Crippen molar-refractivity contribution >= 4 is 0 Å². The van der Waals surface area contributed by atoms with Crippen LogP contribution in [0.2, 0.25) is 0 Å². The van der Waals surface area contributed by atoms with Crippen molar-refractivity contribution < 1.29 is 0 Å². The molecule has 0 aliphatic carbocycles. The molecule has 276 valence electrons. The predicted molar refractivity (Wildman–Crippen MR) is 218 cm³/mol. The van der Waals surface area contributed by atoms with E-state index in [0.29, 0.717) is 0 Å². The number of unbranched alkanes of at least 4 members (excludes halogenated alkanes) is 12. The van der Waals surface area contributed by atoms with Crippen molar-refractivity contribution in [2.45, 2.75) is 242 Å². The molecule has 0 aromatic rings. The molecule has 2 atom stereocenters. The van der Waals surface area contributed by atoms with E-state index in [2.05, 4.69) is 68.2 Å². The molecule has 0 nitrogen and oxygen atoms in total. The van der Waals surface area contributed by atoms with Gasteiger partial charge in [-0.05, 0) is 88.9 Å². The summed E-state index contributed by atoms with van der Waals surface area (Å²) in [5.41, 5.74) is 4.33. The highest BCUT2D eigenvalue weighted by molar-refractivity contribution is 4.94. The van der Waals surface area contributed by atoms with E-state index in [1.807, 2.05) is 13.8 Å². The van der Waals surface area contributed by atoms with Gasteiger partial charge >= 0.3 is 0 Å². The molecular weight excluding hydrogens is 553 g/mol. The molecule has 0 aromatic carbocycles. The van der Waals surface area contributed by atoms with Crippen LogP contribution in [0.4, 0.5) is 0 Å². The summed E-state index contributed by atoms with van der Waals surface area (Å²) in [4.78, 5) is 0. The van der Waals surface area contributed by atoms with Crippen molar-refractivity contribution in [2.75, 3.05) is 0 Å². The van der Waals surface area contributed by atoms with Gasteiger partial charge in [-0.15, -0.1) is 6.58 Å². The Morgan fingerprint density at radius 1 is 0.370 bits per heavy atom. The van der Waals surface area contributed by atoms with Crippen molar-refractivity contribution in [3.05, 3.63) is 36.5 Å². The van der Waals surface area contributed by atoms with E-state index in [9.17, 15) is 0 Å². The van der Waals surface area contributed by atoms with Crippen LogP contribution in [0.3, 0.4) is 0 Å². The molecule has 0 heteroatoms. The summed E-state index contributed by atoms with van der Waals surface area (Å²) in [5, 5.41) is 0. The fourth-order valence-electron chi connectivity index (χ4n) is 6.16. The predicted octanol–water partition coefficient (Wildman–Crippen LogP) is 17.6. The maximum atomic E-state index is 4.34. The van der Waals surface area contributed by atoms with Crippen LogP contribution in [-0.4, -0.2) is 0 Å². The maximum Gasteiger partial charge on any atom is -0.0320 e. The maximum absolute atomic E-state index is 4.34. The van der Waals surface area contributed by atoms with Gasteiger partial charge < -0.3 is 0 Å². The van der Waals surface area contributed by atoms with Crippen LogP contribution >= 0.6 is 0 Å². The van der Waals surface area contributed by atoms with Gasteiger partial charge in [0.25, 0.3) is 0 Å². The summed E-state index contributed by atoms with van der Waals surface area (Å²) in [5.74, 6) is 2.69. The smallest absolute Gasteiger partial charge is 0.0320 e. The van der Waals surface area contributed by atoms with Crippen molar-refractivity contribution in [1.82, 2.24) is 0 Å². The Bertz CT molecular complexity index is 580. The van der Waals surface area contributed by atoms with Crippen molar-refractivity contribution in [2.24, 2.45) is 17.8 Å². The zero-order valence-electron chi connectivity index (χ0n) is 34.2. The van der Waals surface area contributed by atoms with Crippen molar-refractivity contribution in [3.63, 3.8) is 0 Å². The zero-order chi connectivity index (χ0) is 35.3. The van der Waals surface area contributed by atoms with Gasteiger partial charge in [-0.1, -0.05) is 201 Å². The van der Waals surface area contributed by atoms with Gasteiger partial charge in [-0.2, -0.15) is 0 Å². The van der Waals surface area contributed by atoms with Crippen LogP contribution < -0.4 is 0 Å². The number of hydrogen-bond donors (Lipinski definition) is 0. The third-order valence-corrected chi connectivity index (χ3v) is 9.74. The SMILES string of the molecule is C=C(C)CCCCC.C=C(CCCCCCCC(C)CCCCCCCC(=C)CCC(C)CCCC)CCC(C)CCCC.CC. The lowest BCUT2D eigenvalue weighted by Gasteiger charge is -2.13. The average Bonchev–Trinajstić information content (AvgIpc) is 3.04. The highest BCUT2D eigenvalue weighted by atomic mass is 14.1. The van der Waals surface area contributed by atoms with Crippen LogP contribution in [0.1, 0.15) is 242 Å². The summed E-state index contributed by atoms with van der Waals surface area (Å²) >= 11 is 0. The standard InChI is InChI=1S/C36H70.C8H16.C2H6/c1-8-10-22-33(4)28-30-35(6)26-20-16-12-14-18-24-32(3)25-19-15-13-17-21-27-36(7)31-29-34(5)23-11-9-2;1-4-5-6-7-8(2)3;1-2/h32-34H,6-31H2,1-5H3;2,4-7H2,1,3H3;1-2H3. The Balaban J connectivity index is -0.00000159. The Hall–Kier alpha value is -0.780. The van der Waals surface area contributed by atoms with Crippen LogP contribution in [0.5, 0.6) is 0 Å². The summed E-state index contributed by atoms with van der Waals surface area (Å²) in [6.07, 6.45) is 38.3. The minimum Gasteiger partial charge on any atom is -0.100 e. The first-order valence-electron chi connectivity index (χ1n) is 21.1. The molecule has 2 unspecified atom stereocenters. The third kappa shape index (κ3) is 43.2. The molecule has 46 heavy (non-hydrogen) atoms. The average molecular weight is 645 g/mol. The van der Waals surface area contributed by atoms with Crippen LogP contribution in [0.15, 0.2) is 36.5 Å². The van der Waals surface area contributed by atoms with Gasteiger partial charge in [-0.3, -0.25) is 0 Å². The molecule has 0 saturated carbocycles. The molecule has 0 fully saturated rings. The van der Waals surface area contributed by atoms with Gasteiger partial charge in [0.1, 0.15) is 0 Å². The zero-order valence-corrected chi connectivity index (χ0v) is 34.2. The number of rotatable bonds is 32. The first kappa shape index (κ1) is 49.6. The van der Waals surface area contributed by atoms with E-state index in [1.165, 1.54) is 197 Å². The highest BCUT2D eigenvalue weighted by Gasteiger charge is 2.06. The molecule has 0 spiro atoms. The summed E-state index contributed by atoms with van der Waals surface area (Å²) in [6.45, 7) is 32.7. The molecule has 0 aliphatic rings. The van der Waals surface area contributed by atoms with Gasteiger partial charge in [0.2, 0.25) is 0 Å². The van der Waals surface area contributed by atoms with Gasteiger partial charge in [0, 0.05) is 0 Å². The molecule has 0 heterocycles. The lowest BCUT2D eigenvalue weighted by atomic mass is 9.94. The lowest BCUT2D eigenvalue weighted by Crippen LogP contribution is -1.96. The fraction of sp³-hybridized carbons (Fsp3) is 0.870. The first-order chi connectivity index (χ1) is 22.2. The minimum atomic E-state index is 0.882. The lowest BCUT2D eigenvalue weighted by molar-refractivity contribution is 0.431. The van der Waals surface area contributed by atoms with E-state index in [4.69, 9.17) is 0 Å². The molecule has 0 rings (SSSR count). The van der Waals surface area contributed by atoms with Crippen LogP contribution in [-0.2, 0) is 0 Å².